The number of aliphatic carboxylic acids is 1. The zero-order chi connectivity index (χ0) is 33.9. The number of aryl methyl sites for hydroxylation is 1. The molecular formula is C37H46N4O6S. The summed E-state index contributed by atoms with van der Waals surface area (Å²) >= 11 is 0. The number of carboxylic acid groups (broad SMARTS) is 1. The number of pyridine rings is 1. The van der Waals surface area contributed by atoms with E-state index in [4.69, 9.17) is 9.72 Å². The Morgan fingerprint density at radius 2 is 2.00 bits per heavy atom. The normalized spacial score (nSPS) is 27.4. The average Bonchev–Trinajstić information content (AvgIpc) is 3.68. The van der Waals surface area contributed by atoms with Gasteiger partial charge in [-0.15, -0.1) is 6.58 Å². The molecule has 1 saturated heterocycles. The van der Waals surface area contributed by atoms with Crippen LogP contribution in [-0.4, -0.2) is 77.9 Å². The summed E-state index contributed by atoms with van der Waals surface area (Å²) in [5.74, 6) is -0.822. The molecule has 3 aliphatic rings. The fourth-order valence-electron chi connectivity index (χ4n) is 7.17. The van der Waals surface area contributed by atoms with Crippen molar-refractivity contribution in [3.63, 3.8) is 0 Å². The van der Waals surface area contributed by atoms with Crippen LogP contribution in [0.4, 0.5) is 0 Å². The minimum absolute atomic E-state index is 0.0439. The van der Waals surface area contributed by atoms with Crippen LogP contribution in [0.1, 0.15) is 63.9 Å². The van der Waals surface area contributed by atoms with Crippen molar-refractivity contribution in [3.05, 3.63) is 72.8 Å². The number of hydrogen-bond donors (Lipinski definition) is 3. The summed E-state index contributed by atoms with van der Waals surface area (Å²) in [5, 5.41) is 14.2. The standard InChI is InChI=1S/C37H46N4O6S/c1-3-5-15-32-35(42)41-24-29(20-28(41)23-38-37(36(43)44)22-27(37)4-2)47-34-21-33(26-13-9-6-10-14-26)39-31-17-16-25(19-30(31)34)12-8-7-11-18-48(45,46)40-32/h4,6,9-10,13-14,16-17,19,21,27-29,32,38,40H,2-3,5,7-8,11-12,15,18,20,22-24H2,1H3,(H,43,44)/t27-,28+,29-,32+,37-/m1/s1. The molecule has 1 saturated carbocycles. The fourth-order valence-corrected chi connectivity index (χ4v) is 8.52. The number of sulfonamides is 1. The molecule has 1 aliphatic carbocycles. The summed E-state index contributed by atoms with van der Waals surface area (Å²) in [5.41, 5.74) is 2.55. The molecule has 0 unspecified atom stereocenters. The van der Waals surface area contributed by atoms with Gasteiger partial charge in [-0.2, -0.15) is 0 Å². The van der Waals surface area contributed by atoms with E-state index in [1.807, 2.05) is 49.4 Å². The number of ether oxygens (including phenoxy) is 1. The van der Waals surface area contributed by atoms with Crippen LogP contribution in [0.5, 0.6) is 5.75 Å². The molecule has 0 radical (unpaired) electrons. The quantitative estimate of drug-likeness (QED) is 0.268. The third-order valence-corrected chi connectivity index (χ3v) is 11.5. The maximum Gasteiger partial charge on any atom is 0.324 e. The molecule has 2 aromatic carbocycles. The predicted molar refractivity (Wildman–Crippen MR) is 186 cm³/mol. The Morgan fingerprint density at radius 3 is 2.73 bits per heavy atom. The van der Waals surface area contributed by atoms with Crippen molar-refractivity contribution in [2.45, 2.75) is 88.4 Å². The SMILES string of the molecule is C=C[C@@H]1C[C@]1(NC[C@@H]1C[C@@H]2CN1C(=O)[C@H](CCCC)NS(=O)(=O)CCCCCc1ccc3nc(-c4ccccc4)cc(c3c1)O2)C(=O)O. The Bertz CT molecular complexity index is 1770. The molecule has 3 aromatic rings. The van der Waals surface area contributed by atoms with Crippen LogP contribution < -0.4 is 14.8 Å². The molecule has 11 heteroatoms. The van der Waals surface area contributed by atoms with E-state index in [1.54, 1.807) is 11.0 Å². The first-order valence-corrected chi connectivity index (χ1v) is 18.8. The van der Waals surface area contributed by atoms with Crippen molar-refractivity contribution < 1.29 is 27.9 Å². The molecule has 2 aliphatic heterocycles. The van der Waals surface area contributed by atoms with E-state index in [0.29, 0.717) is 37.9 Å². The van der Waals surface area contributed by atoms with Gasteiger partial charge in [0.1, 0.15) is 23.4 Å². The maximum atomic E-state index is 14.3. The highest BCUT2D eigenvalue weighted by molar-refractivity contribution is 7.89. The number of benzene rings is 2. The summed E-state index contributed by atoms with van der Waals surface area (Å²) in [6, 6.07) is 16.8. The molecule has 5 atom stereocenters. The Hall–Kier alpha value is -3.80. The first kappa shape index (κ1) is 34.1. The summed E-state index contributed by atoms with van der Waals surface area (Å²) in [4.78, 5) is 33.2. The second kappa shape index (κ2) is 14.4. The number of rotatable bonds is 9. The van der Waals surface area contributed by atoms with E-state index >= 15 is 0 Å². The van der Waals surface area contributed by atoms with E-state index in [1.165, 1.54) is 0 Å². The molecule has 2 fully saturated rings. The lowest BCUT2D eigenvalue weighted by Crippen LogP contribution is -2.54. The molecular weight excluding hydrogens is 628 g/mol. The molecule has 0 spiro atoms. The first-order chi connectivity index (χ1) is 23.1. The molecule has 48 heavy (non-hydrogen) atoms. The van der Waals surface area contributed by atoms with Gasteiger partial charge in [0, 0.05) is 41.9 Å². The van der Waals surface area contributed by atoms with Crippen molar-refractivity contribution in [2.75, 3.05) is 18.8 Å². The Morgan fingerprint density at radius 1 is 1.19 bits per heavy atom. The monoisotopic (exact) mass is 674 g/mol. The second-order valence-corrected chi connectivity index (χ2v) is 15.4. The number of aromatic nitrogens is 1. The molecule has 1 aromatic heterocycles. The van der Waals surface area contributed by atoms with E-state index < -0.39 is 39.7 Å². The van der Waals surface area contributed by atoms with Gasteiger partial charge in [-0.3, -0.25) is 14.9 Å². The maximum absolute atomic E-state index is 14.3. The fraction of sp³-hybridized carbons (Fsp3) is 0.486. The number of nitrogens with zero attached hydrogens (tertiary/aromatic N) is 2. The van der Waals surface area contributed by atoms with Gasteiger partial charge in [-0.25, -0.2) is 18.1 Å². The molecule has 6 rings (SSSR count). The van der Waals surface area contributed by atoms with Crippen molar-refractivity contribution >= 4 is 32.8 Å². The van der Waals surface area contributed by atoms with Gasteiger partial charge in [-0.1, -0.05) is 68.7 Å². The van der Waals surface area contributed by atoms with Gasteiger partial charge < -0.3 is 14.7 Å². The van der Waals surface area contributed by atoms with Crippen LogP contribution in [0.2, 0.25) is 0 Å². The zero-order valence-electron chi connectivity index (χ0n) is 27.6. The lowest BCUT2D eigenvalue weighted by Gasteiger charge is -2.30. The third kappa shape index (κ3) is 7.43. The number of carbonyl (C=O) groups excluding carboxylic acids is 1. The topological polar surface area (TPSA) is 138 Å². The van der Waals surface area contributed by atoms with Crippen LogP contribution in [0.25, 0.3) is 22.2 Å². The van der Waals surface area contributed by atoms with Crippen molar-refractivity contribution in [1.82, 2.24) is 19.9 Å². The van der Waals surface area contributed by atoms with Gasteiger partial charge in [0.15, 0.2) is 0 Å². The Balaban J connectivity index is 1.37. The lowest BCUT2D eigenvalue weighted by atomic mass is 10.0. The number of carbonyl (C=O) groups is 2. The molecule has 3 N–H and O–H groups in total. The summed E-state index contributed by atoms with van der Waals surface area (Å²) in [6.07, 6.45) is 6.86. The van der Waals surface area contributed by atoms with E-state index in [0.717, 1.165) is 53.4 Å². The summed E-state index contributed by atoms with van der Waals surface area (Å²) in [7, 11) is -3.70. The lowest BCUT2D eigenvalue weighted by molar-refractivity contribution is -0.141. The van der Waals surface area contributed by atoms with Gasteiger partial charge >= 0.3 is 5.97 Å². The van der Waals surface area contributed by atoms with Gasteiger partial charge in [0.25, 0.3) is 0 Å². The number of fused-ring (bicyclic) bond motifs is 3. The van der Waals surface area contributed by atoms with E-state index in [2.05, 4.69) is 28.8 Å². The van der Waals surface area contributed by atoms with Crippen LogP contribution in [0.3, 0.4) is 0 Å². The number of unbranched alkanes of at least 4 members (excludes halogenated alkanes) is 1. The smallest absolute Gasteiger partial charge is 0.324 e. The minimum atomic E-state index is -3.70. The third-order valence-electron chi connectivity index (χ3n) is 10.0. The van der Waals surface area contributed by atoms with Crippen LogP contribution in [-0.2, 0) is 26.0 Å². The van der Waals surface area contributed by atoms with Crippen LogP contribution >= 0.6 is 0 Å². The molecule has 1 amide bonds. The highest BCUT2D eigenvalue weighted by Gasteiger charge is 2.59. The molecule has 256 valence electrons. The Labute approximate surface area is 283 Å². The predicted octanol–water partition coefficient (Wildman–Crippen LogP) is 5.07. The summed E-state index contributed by atoms with van der Waals surface area (Å²) in [6.45, 7) is 6.27. The molecule has 10 nitrogen and oxygen atoms in total. The number of hydrogen-bond acceptors (Lipinski definition) is 7. The number of carboxylic acids is 1. The van der Waals surface area contributed by atoms with Crippen LogP contribution in [0, 0.1) is 5.92 Å². The molecule has 3 heterocycles. The highest BCUT2D eigenvalue weighted by Crippen LogP contribution is 2.45. The van der Waals surface area contributed by atoms with Gasteiger partial charge in [0.05, 0.1) is 23.5 Å². The second-order valence-electron chi connectivity index (χ2n) is 13.5. The van der Waals surface area contributed by atoms with E-state index in [9.17, 15) is 23.1 Å². The first-order valence-electron chi connectivity index (χ1n) is 17.2. The van der Waals surface area contributed by atoms with E-state index in [-0.39, 0.29) is 30.7 Å². The van der Waals surface area contributed by atoms with Gasteiger partial charge in [0.2, 0.25) is 15.9 Å². The number of nitrogens with one attached hydrogen (secondary N) is 2. The zero-order valence-corrected chi connectivity index (χ0v) is 28.4. The Kier molecular flexibility index (Phi) is 10.2. The van der Waals surface area contributed by atoms with Crippen LogP contribution in [0.15, 0.2) is 67.3 Å². The van der Waals surface area contributed by atoms with Crippen molar-refractivity contribution in [3.8, 4) is 17.0 Å². The minimum Gasteiger partial charge on any atom is -0.488 e. The average molecular weight is 675 g/mol. The largest absolute Gasteiger partial charge is 0.488 e. The van der Waals surface area contributed by atoms with Crippen molar-refractivity contribution in [1.29, 1.82) is 0 Å². The van der Waals surface area contributed by atoms with Crippen molar-refractivity contribution in [2.24, 2.45) is 5.92 Å². The van der Waals surface area contributed by atoms with Gasteiger partial charge in [-0.05, 0) is 49.8 Å². The summed E-state index contributed by atoms with van der Waals surface area (Å²) < 4.78 is 36.0. The number of amides is 1. The highest BCUT2D eigenvalue weighted by atomic mass is 32.2. The molecule has 4 bridgehead atoms.